The Hall–Kier alpha value is -1.59. The molecule has 5 nitrogen and oxygen atoms in total. The molecule has 2 rings (SSSR count). The predicted molar refractivity (Wildman–Crippen MR) is 76.3 cm³/mol. The SMILES string of the molecule is CC(=O)Nc1cccc(NCC2(O)CCNCC2)c1. The maximum Gasteiger partial charge on any atom is 0.221 e. The van der Waals surface area contributed by atoms with Crippen LogP contribution >= 0.6 is 0 Å². The summed E-state index contributed by atoms with van der Waals surface area (Å²) in [7, 11) is 0. The van der Waals surface area contributed by atoms with Crippen LogP contribution in [0.4, 0.5) is 11.4 Å². The Morgan fingerprint density at radius 1 is 1.37 bits per heavy atom. The van der Waals surface area contributed by atoms with Gasteiger partial charge in [0.1, 0.15) is 0 Å². The van der Waals surface area contributed by atoms with Crippen molar-refractivity contribution in [3.05, 3.63) is 24.3 Å². The molecule has 1 aromatic carbocycles. The Morgan fingerprint density at radius 3 is 2.74 bits per heavy atom. The molecule has 1 aliphatic rings. The highest BCUT2D eigenvalue weighted by Gasteiger charge is 2.28. The van der Waals surface area contributed by atoms with Crippen LogP contribution in [-0.4, -0.2) is 36.2 Å². The van der Waals surface area contributed by atoms with Gasteiger partial charge >= 0.3 is 0 Å². The van der Waals surface area contributed by atoms with Gasteiger partial charge in [-0.3, -0.25) is 4.79 Å². The van der Waals surface area contributed by atoms with Crippen molar-refractivity contribution in [1.29, 1.82) is 0 Å². The van der Waals surface area contributed by atoms with Gasteiger partial charge in [-0.2, -0.15) is 0 Å². The van der Waals surface area contributed by atoms with Crippen molar-refractivity contribution < 1.29 is 9.90 Å². The van der Waals surface area contributed by atoms with Gasteiger partial charge in [-0.1, -0.05) is 6.07 Å². The lowest BCUT2D eigenvalue weighted by molar-refractivity contribution is -0.114. The number of nitrogens with one attached hydrogen (secondary N) is 3. The van der Waals surface area contributed by atoms with Crippen LogP contribution in [-0.2, 0) is 4.79 Å². The van der Waals surface area contributed by atoms with Crippen molar-refractivity contribution >= 4 is 17.3 Å². The summed E-state index contributed by atoms with van der Waals surface area (Å²) in [5.41, 5.74) is 1.02. The van der Waals surface area contributed by atoms with Crippen LogP contribution in [0.1, 0.15) is 19.8 Å². The third kappa shape index (κ3) is 4.22. The summed E-state index contributed by atoms with van der Waals surface area (Å²) in [5, 5.41) is 19.6. The Labute approximate surface area is 113 Å². The fourth-order valence-electron chi connectivity index (χ4n) is 2.25. The summed E-state index contributed by atoms with van der Waals surface area (Å²) in [6, 6.07) is 7.51. The lowest BCUT2D eigenvalue weighted by Gasteiger charge is -2.33. The fraction of sp³-hybridized carbons (Fsp3) is 0.500. The van der Waals surface area contributed by atoms with Gasteiger partial charge < -0.3 is 21.1 Å². The van der Waals surface area contributed by atoms with Crippen LogP contribution < -0.4 is 16.0 Å². The summed E-state index contributed by atoms with van der Waals surface area (Å²) in [5.74, 6) is -0.0888. The third-order valence-electron chi connectivity index (χ3n) is 3.34. The fourth-order valence-corrected chi connectivity index (χ4v) is 2.25. The molecule has 19 heavy (non-hydrogen) atoms. The van der Waals surface area contributed by atoms with E-state index in [1.54, 1.807) is 0 Å². The average molecular weight is 263 g/mol. The number of benzene rings is 1. The smallest absolute Gasteiger partial charge is 0.221 e. The van der Waals surface area contributed by atoms with E-state index in [-0.39, 0.29) is 5.91 Å². The zero-order chi connectivity index (χ0) is 13.7. The van der Waals surface area contributed by atoms with E-state index in [9.17, 15) is 9.90 Å². The maximum absolute atomic E-state index is 11.0. The lowest BCUT2D eigenvalue weighted by Crippen LogP contribution is -2.46. The van der Waals surface area contributed by atoms with E-state index in [0.717, 1.165) is 37.3 Å². The van der Waals surface area contributed by atoms with Crippen LogP contribution in [0.25, 0.3) is 0 Å². The molecule has 1 amide bonds. The number of carbonyl (C=O) groups is 1. The van der Waals surface area contributed by atoms with Gasteiger partial charge in [0.15, 0.2) is 0 Å². The molecule has 0 saturated carbocycles. The van der Waals surface area contributed by atoms with Crippen molar-refractivity contribution in [3.63, 3.8) is 0 Å². The van der Waals surface area contributed by atoms with Gasteiger partial charge in [0, 0.05) is 24.8 Å². The minimum Gasteiger partial charge on any atom is -0.388 e. The molecule has 0 bridgehead atoms. The van der Waals surface area contributed by atoms with E-state index in [4.69, 9.17) is 0 Å². The van der Waals surface area contributed by atoms with E-state index in [1.807, 2.05) is 24.3 Å². The summed E-state index contributed by atoms with van der Waals surface area (Å²) in [6.45, 7) is 3.71. The first-order valence-electron chi connectivity index (χ1n) is 6.62. The molecule has 104 valence electrons. The van der Waals surface area contributed by atoms with Crippen LogP contribution in [0.5, 0.6) is 0 Å². The quantitative estimate of drug-likeness (QED) is 0.658. The van der Waals surface area contributed by atoms with Crippen molar-refractivity contribution in [2.24, 2.45) is 0 Å². The molecule has 0 radical (unpaired) electrons. The Morgan fingerprint density at radius 2 is 2.05 bits per heavy atom. The summed E-state index contributed by atoms with van der Waals surface area (Å²) in [4.78, 5) is 11.0. The Kier molecular flexibility index (Phi) is 4.39. The highest BCUT2D eigenvalue weighted by molar-refractivity contribution is 5.89. The number of hydrogen-bond donors (Lipinski definition) is 4. The summed E-state index contributed by atoms with van der Waals surface area (Å²) >= 11 is 0. The molecule has 5 heteroatoms. The molecule has 0 atom stereocenters. The van der Waals surface area contributed by atoms with Crippen LogP contribution in [0, 0.1) is 0 Å². The minimum atomic E-state index is -0.644. The van der Waals surface area contributed by atoms with Crippen LogP contribution in [0.15, 0.2) is 24.3 Å². The van der Waals surface area contributed by atoms with Gasteiger partial charge in [0.25, 0.3) is 0 Å². The van der Waals surface area contributed by atoms with Gasteiger partial charge in [-0.25, -0.2) is 0 Å². The number of piperidine rings is 1. The monoisotopic (exact) mass is 263 g/mol. The lowest BCUT2D eigenvalue weighted by atomic mass is 9.92. The average Bonchev–Trinajstić information content (AvgIpc) is 2.37. The zero-order valence-corrected chi connectivity index (χ0v) is 11.2. The Bertz CT molecular complexity index is 442. The number of amides is 1. The van der Waals surface area contributed by atoms with Crippen molar-refractivity contribution in [2.45, 2.75) is 25.4 Å². The second-order valence-corrected chi connectivity index (χ2v) is 5.09. The molecule has 1 fully saturated rings. The molecule has 1 heterocycles. The molecular weight excluding hydrogens is 242 g/mol. The van der Waals surface area contributed by atoms with E-state index in [2.05, 4.69) is 16.0 Å². The van der Waals surface area contributed by atoms with Gasteiger partial charge in [-0.15, -0.1) is 0 Å². The topological polar surface area (TPSA) is 73.4 Å². The maximum atomic E-state index is 11.0. The van der Waals surface area contributed by atoms with E-state index >= 15 is 0 Å². The highest BCUT2D eigenvalue weighted by Crippen LogP contribution is 2.20. The molecular formula is C14H21N3O2. The van der Waals surface area contributed by atoms with Gasteiger partial charge in [0.2, 0.25) is 5.91 Å². The second kappa shape index (κ2) is 6.04. The first kappa shape index (κ1) is 13.8. The van der Waals surface area contributed by atoms with E-state index in [0.29, 0.717) is 6.54 Å². The molecule has 0 unspecified atom stereocenters. The van der Waals surface area contributed by atoms with Crippen molar-refractivity contribution in [2.75, 3.05) is 30.3 Å². The van der Waals surface area contributed by atoms with Crippen molar-refractivity contribution in [3.8, 4) is 0 Å². The Balaban J connectivity index is 1.93. The largest absolute Gasteiger partial charge is 0.388 e. The van der Waals surface area contributed by atoms with Gasteiger partial charge in [-0.05, 0) is 44.1 Å². The number of carbonyl (C=O) groups excluding carboxylic acids is 1. The standard InChI is InChI=1S/C14H21N3O2/c1-11(18)17-13-4-2-3-12(9-13)16-10-14(19)5-7-15-8-6-14/h2-4,9,15-16,19H,5-8,10H2,1H3,(H,17,18). The molecule has 1 saturated heterocycles. The number of hydrogen-bond acceptors (Lipinski definition) is 4. The number of aliphatic hydroxyl groups is 1. The third-order valence-corrected chi connectivity index (χ3v) is 3.34. The van der Waals surface area contributed by atoms with Crippen LogP contribution in [0.3, 0.4) is 0 Å². The normalized spacial score (nSPS) is 17.8. The summed E-state index contributed by atoms with van der Waals surface area (Å²) < 4.78 is 0. The molecule has 4 N–H and O–H groups in total. The zero-order valence-electron chi connectivity index (χ0n) is 11.2. The van der Waals surface area contributed by atoms with E-state index < -0.39 is 5.60 Å². The molecule has 0 aliphatic carbocycles. The predicted octanol–water partition coefficient (Wildman–Crippen LogP) is 1.17. The molecule has 1 aliphatic heterocycles. The number of anilines is 2. The molecule has 0 aromatic heterocycles. The highest BCUT2D eigenvalue weighted by atomic mass is 16.3. The summed E-state index contributed by atoms with van der Waals surface area (Å²) in [6.07, 6.45) is 1.51. The van der Waals surface area contributed by atoms with Crippen LogP contribution in [0.2, 0.25) is 0 Å². The molecule has 0 spiro atoms. The first-order valence-corrected chi connectivity index (χ1v) is 6.62. The molecule has 1 aromatic rings. The van der Waals surface area contributed by atoms with Gasteiger partial charge in [0.05, 0.1) is 5.60 Å². The minimum absolute atomic E-state index is 0.0888. The van der Waals surface area contributed by atoms with Crippen molar-refractivity contribution in [1.82, 2.24) is 5.32 Å². The van der Waals surface area contributed by atoms with E-state index in [1.165, 1.54) is 6.92 Å². The first-order chi connectivity index (χ1) is 9.07. The number of rotatable bonds is 4. The second-order valence-electron chi connectivity index (χ2n) is 5.09.